The summed E-state index contributed by atoms with van der Waals surface area (Å²) in [6, 6.07) is 5.21. The van der Waals surface area contributed by atoms with E-state index >= 15 is 0 Å². The van der Waals surface area contributed by atoms with Gasteiger partial charge < -0.3 is 10.2 Å². The van der Waals surface area contributed by atoms with Crippen LogP contribution in [0.3, 0.4) is 0 Å². The van der Waals surface area contributed by atoms with Crippen molar-refractivity contribution in [2.45, 2.75) is 58.3 Å². The van der Waals surface area contributed by atoms with E-state index in [4.69, 9.17) is 4.52 Å². The van der Waals surface area contributed by atoms with Crippen molar-refractivity contribution in [3.63, 3.8) is 0 Å². The van der Waals surface area contributed by atoms with Crippen molar-refractivity contribution in [3.05, 3.63) is 107 Å². The van der Waals surface area contributed by atoms with Crippen molar-refractivity contribution in [3.8, 4) is 0 Å². The lowest BCUT2D eigenvalue weighted by molar-refractivity contribution is -0.384. The lowest BCUT2D eigenvalue weighted by Crippen LogP contribution is -2.33. The van der Waals surface area contributed by atoms with Crippen LogP contribution in [0.1, 0.15) is 58.3 Å². The molecule has 0 aliphatic rings. The molecule has 0 fully saturated rings. The summed E-state index contributed by atoms with van der Waals surface area (Å²) in [5.41, 5.74) is 0.136. The summed E-state index contributed by atoms with van der Waals surface area (Å²) in [6.45, 7) is 2.23. The van der Waals surface area contributed by atoms with Crippen molar-refractivity contribution in [2.24, 2.45) is 0 Å². The highest BCUT2D eigenvalue weighted by Crippen LogP contribution is 2.48. The number of nitro benzene ring substituents is 1. The Labute approximate surface area is 244 Å². The van der Waals surface area contributed by atoms with Crippen LogP contribution < -0.4 is 9.99 Å². The Kier molecular flexibility index (Phi) is 19.2. The molecule has 0 spiro atoms. The first-order chi connectivity index (χ1) is 19.8. The second-order valence-electron chi connectivity index (χ2n) is 8.87. The van der Waals surface area contributed by atoms with Crippen molar-refractivity contribution in [2.75, 3.05) is 24.9 Å². The predicted molar refractivity (Wildman–Crippen MR) is 168 cm³/mol. The van der Waals surface area contributed by atoms with E-state index in [9.17, 15) is 24.4 Å². The molecular weight excluding hydrogens is 541 g/mol. The van der Waals surface area contributed by atoms with Crippen molar-refractivity contribution >= 4 is 25.0 Å². The number of nitro groups is 1. The Morgan fingerprint density at radius 3 is 1.80 bits per heavy atom. The second kappa shape index (κ2) is 22.2. The highest BCUT2D eigenvalue weighted by atomic mass is 31.2. The van der Waals surface area contributed by atoms with Crippen LogP contribution in [0.2, 0.25) is 0 Å². The first-order valence-corrected chi connectivity index (χ1v) is 15.4. The maximum atomic E-state index is 12.4. The summed E-state index contributed by atoms with van der Waals surface area (Å²) in [7, 11) is -3.08. The minimum Gasteiger partial charge on any atom is -0.354 e. The van der Waals surface area contributed by atoms with Crippen LogP contribution >= 0.6 is 7.75 Å². The lowest BCUT2D eigenvalue weighted by Gasteiger charge is -2.27. The van der Waals surface area contributed by atoms with Crippen LogP contribution in [-0.2, 0) is 13.9 Å². The molecule has 224 valence electrons. The highest BCUT2D eigenvalue weighted by Gasteiger charge is 2.29. The van der Waals surface area contributed by atoms with Crippen molar-refractivity contribution in [1.82, 2.24) is 5.32 Å². The van der Waals surface area contributed by atoms with E-state index in [0.29, 0.717) is 12.8 Å². The van der Waals surface area contributed by atoms with Gasteiger partial charge in [0.15, 0.2) is 0 Å². The Balaban J connectivity index is 2.23. The topological polar surface area (TPSA) is 122 Å². The molecule has 0 saturated carbocycles. The average Bonchev–Trinajstić information content (AvgIpc) is 2.96. The number of carbonyl (C=O) groups is 1. The normalized spacial score (nSPS) is 13.8. The zero-order chi connectivity index (χ0) is 30.2. The number of carbonyl (C=O) groups excluding carboxylic acids is 1. The molecule has 1 amide bonds. The highest BCUT2D eigenvalue weighted by molar-refractivity contribution is 7.54. The molecule has 1 rings (SSSR count). The number of nitrogens with zero attached hydrogens (tertiary/aromatic N) is 2. The molecule has 2 N–H and O–H groups in total. The standard InChI is InChI=1S/C31H44N3O6P/c1-3-4-5-6-7-8-9-10-11-12-13-14-15-16-17-18-19-20-21-22-31(35)32-27-28-33(41(38,39)40-2)29-23-25-30(26-24-29)34(36)37/h4-5,7-8,10-11,13-14,16-17,19-20,23-26H,3,6,9,12,15,18,21-22,27-28H2,1-2H3,(H,32,35)(H,38,39)/b5-4-,8-7-,11-10-,14-13-,17-16-,20-19-. The second-order valence-corrected chi connectivity index (χ2v) is 10.7. The fourth-order valence-corrected chi connectivity index (χ4v) is 4.47. The summed E-state index contributed by atoms with van der Waals surface area (Å²) in [6.07, 6.45) is 32.1. The Hall–Kier alpha value is -3.52. The zero-order valence-electron chi connectivity index (χ0n) is 24.1. The van der Waals surface area contributed by atoms with Crippen LogP contribution in [0.15, 0.2) is 97.2 Å². The smallest absolute Gasteiger partial charge is 0.354 e. The van der Waals surface area contributed by atoms with E-state index in [1.165, 1.54) is 24.3 Å². The molecule has 1 aromatic carbocycles. The molecule has 0 aliphatic carbocycles. The van der Waals surface area contributed by atoms with Gasteiger partial charge in [0.1, 0.15) is 0 Å². The Morgan fingerprint density at radius 1 is 0.902 bits per heavy atom. The van der Waals surface area contributed by atoms with Gasteiger partial charge in [0, 0.05) is 44.4 Å². The Bertz CT molecular complexity index is 1120. The van der Waals surface area contributed by atoms with Crippen LogP contribution in [-0.4, -0.2) is 35.9 Å². The predicted octanol–water partition coefficient (Wildman–Crippen LogP) is 7.74. The van der Waals surface area contributed by atoms with Crippen LogP contribution in [0.5, 0.6) is 0 Å². The van der Waals surface area contributed by atoms with Crippen LogP contribution in [0.25, 0.3) is 0 Å². The van der Waals surface area contributed by atoms with E-state index in [-0.39, 0.29) is 30.4 Å². The van der Waals surface area contributed by atoms with E-state index < -0.39 is 12.7 Å². The number of hydrogen-bond donors (Lipinski definition) is 2. The third kappa shape index (κ3) is 17.0. The minimum atomic E-state index is -4.18. The lowest BCUT2D eigenvalue weighted by atomic mass is 10.2. The van der Waals surface area contributed by atoms with Gasteiger partial charge in [-0.2, -0.15) is 0 Å². The van der Waals surface area contributed by atoms with Crippen molar-refractivity contribution < 1.29 is 23.7 Å². The average molecular weight is 586 g/mol. The minimum absolute atomic E-state index is 0.00885. The van der Waals surface area contributed by atoms with E-state index in [1.807, 2.05) is 12.2 Å². The van der Waals surface area contributed by atoms with Gasteiger partial charge in [-0.15, -0.1) is 0 Å². The molecule has 0 aromatic heterocycles. The third-order valence-corrected chi connectivity index (χ3v) is 7.20. The molecule has 9 nitrogen and oxygen atoms in total. The number of nitrogens with one attached hydrogen (secondary N) is 1. The molecule has 0 bridgehead atoms. The maximum Gasteiger partial charge on any atom is 0.432 e. The number of benzene rings is 1. The molecule has 0 radical (unpaired) electrons. The first-order valence-electron chi connectivity index (χ1n) is 13.9. The molecule has 0 aliphatic heterocycles. The van der Waals surface area contributed by atoms with Crippen LogP contribution in [0, 0.1) is 10.1 Å². The summed E-state index contributed by atoms with van der Waals surface area (Å²) in [5, 5.41) is 13.6. The molecular formula is C31H44N3O6P. The molecule has 0 saturated heterocycles. The van der Waals surface area contributed by atoms with Gasteiger partial charge in [-0.3, -0.25) is 24.1 Å². The van der Waals surface area contributed by atoms with Gasteiger partial charge in [-0.25, -0.2) is 4.57 Å². The quantitative estimate of drug-likeness (QED) is 0.0655. The van der Waals surface area contributed by atoms with Gasteiger partial charge in [-0.1, -0.05) is 79.8 Å². The Morgan fingerprint density at radius 2 is 1.37 bits per heavy atom. The monoisotopic (exact) mass is 585 g/mol. The van der Waals surface area contributed by atoms with E-state index in [1.54, 1.807) is 0 Å². The fraction of sp³-hybridized carbons (Fsp3) is 0.387. The number of hydrogen-bond acceptors (Lipinski definition) is 5. The third-order valence-electron chi connectivity index (χ3n) is 5.68. The summed E-state index contributed by atoms with van der Waals surface area (Å²) in [4.78, 5) is 32.6. The van der Waals surface area contributed by atoms with E-state index in [0.717, 1.165) is 50.3 Å². The summed E-state index contributed by atoms with van der Waals surface area (Å²) < 4.78 is 18.2. The number of non-ortho nitro benzene ring substituents is 1. The molecule has 1 unspecified atom stereocenters. The van der Waals surface area contributed by atoms with Gasteiger partial charge in [-0.05, 0) is 57.1 Å². The van der Waals surface area contributed by atoms with Gasteiger partial charge in [0.25, 0.3) is 5.69 Å². The van der Waals surface area contributed by atoms with Crippen LogP contribution in [0.4, 0.5) is 11.4 Å². The number of anilines is 1. The number of allylic oxidation sites excluding steroid dienone is 12. The number of rotatable bonds is 21. The zero-order valence-corrected chi connectivity index (χ0v) is 25.0. The fourth-order valence-electron chi connectivity index (χ4n) is 3.49. The van der Waals surface area contributed by atoms with Gasteiger partial charge in [0.2, 0.25) is 5.91 Å². The van der Waals surface area contributed by atoms with Gasteiger partial charge in [0.05, 0.1) is 4.92 Å². The van der Waals surface area contributed by atoms with Gasteiger partial charge >= 0.3 is 7.75 Å². The molecule has 1 aromatic rings. The largest absolute Gasteiger partial charge is 0.432 e. The molecule has 10 heteroatoms. The molecule has 1 atom stereocenters. The first kappa shape index (κ1) is 35.5. The SMILES string of the molecule is CC/C=C\C/C=C\C/C=C\C/C=C\C/C=C\C/C=C\CCC(=O)NCCN(c1ccc([N+](=O)[O-])cc1)P(=O)(O)OC. The number of amides is 1. The van der Waals surface area contributed by atoms with Crippen molar-refractivity contribution in [1.29, 1.82) is 0 Å². The summed E-state index contributed by atoms with van der Waals surface area (Å²) in [5.74, 6) is -0.182. The molecule has 41 heavy (non-hydrogen) atoms. The van der Waals surface area contributed by atoms with E-state index in [2.05, 4.69) is 73.0 Å². The maximum absolute atomic E-state index is 12.4. The summed E-state index contributed by atoms with van der Waals surface area (Å²) >= 11 is 0. The molecule has 0 heterocycles.